The van der Waals surface area contributed by atoms with E-state index in [4.69, 9.17) is 19.9 Å². The second kappa shape index (κ2) is 13.8. The largest absolute Gasteiger partial charge is 0.248 e. The fourth-order valence-corrected chi connectivity index (χ4v) is 8.80. The highest BCUT2D eigenvalue weighted by Crippen LogP contribution is 2.51. The molecule has 4 heteroatoms. The molecule has 0 amide bonds. The molecule has 0 fully saturated rings. The molecule has 0 N–H and O–H groups in total. The van der Waals surface area contributed by atoms with E-state index in [1.807, 2.05) is 18.2 Å². The molecule has 0 saturated carbocycles. The summed E-state index contributed by atoms with van der Waals surface area (Å²) in [5.74, 6) is 1.87. The lowest BCUT2D eigenvalue weighted by atomic mass is 9.82. The summed E-state index contributed by atoms with van der Waals surface area (Å²) in [5.41, 5.74) is 15.1. The third-order valence-corrected chi connectivity index (χ3v) is 11.9. The van der Waals surface area contributed by atoms with Gasteiger partial charge in [-0.05, 0) is 97.7 Å². The Balaban J connectivity index is 1.18. The average Bonchev–Trinajstić information content (AvgIpc) is 3.53. The molecule has 10 aromatic rings. The first kappa shape index (κ1) is 34.7. The van der Waals surface area contributed by atoms with Gasteiger partial charge < -0.3 is 0 Å². The third-order valence-electron chi connectivity index (χ3n) is 11.9. The van der Waals surface area contributed by atoms with Crippen LogP contribution in [0.1, 0.15) is 25.0 Å². The van der Waals surface area contributed by atoms with E-state index in [1.165, 1.54) is 27.6 Å². The van der Waals surface area contributed by atoms with Crippen LogP contribution in [0.15, 0.2) is 194 Å². The summed E-state index contributed by atoms with van der Waals surface area (Å²) >= 11 is 0. The van der Waals surface area contributed by atoms with Crippen molar-refractivity contribution in [1.29, 1.82) is 0 Å². The molecule has 0 atom stereocenters. The van der Waals surface area contributed by atoms with Crippen molar-refractivity contribution in [2.24, 2.45) is 0 Å². The predicted molar refractivity (Wildman–Crippen MR) is 243 cm³/mol. The minimum absolute atomic E-state index is 0.150. The maximum Gasteiger partial charge on any atom is 0.164 e. The van der Waals surface area contributed by atoms with Crippen LogP contribution in [0, 0.1) is 0 Å². The van der Waals surface area contributed by atoms with Crippen LogP contribution in [0.25, 0.3) is 100 Å². The Morgan fingerprint density at radius 3 is 1.64 bits per heavy atom. The van der Waals surface area contributed by atoms with Crippen molar-refractivity contribution in [2.75, 3.05) is 0 Å². The molecule has 0 bridgehead atoms. The zero-order valence-electron chi connectivity index (χ0n) is 32.8. The van der Waals surface area contributed by atoms with Crippen LogP contribution < -0.4 is 0 Å². The summed E-state index contributed by atoms with van der Waals surface area (Å²) in [7, 11) is 0. The molecule has 2 aromatic heterocycles. The molecule has 4 nitrogen and oxygen atoms in total. The van der Waals surface area contributed by atoms with E-state index in [1.54, 1.807) is 0 Å². The lowest BCUT2D eigenvalue weighted by molar-refractivity contribution is 0.661. The van der Waals surface area contributed by atoms with Gasteiger partial charge in [-0.15, -0.1) is 0 Å². The summed E-state index contributed by atoms with van der Waals surface area (Å²) in [4.78, 5) is 20.9. The highest BCUT2D eigenvalue weighted by atomic mass is 15.0. The van der Waals surface area contributed by atoms with Gasteiger partial charge in [0.15, 0.2) is 17.5 Å². The summed E-state index contributed by atoms with van der Waals surface area (Å²) in [6, 6.07) is 68.6. The Morgan fingerprint density at radius 2 is 0.898 bits per heavy atom. The number of benzene rings is 8. The van der Waals surface area contributed by atoms with Crippen LogP contribution in [0.5, 0.6) is 0 Å². The van der Waals surface area contributed by atoms with Gasteiger partial charge in [-0.1, -0.05) is 166 Å². The van der Waals surface area contributed by atoms with E-state index in [0.29, 0.717) is 17.5 Å². The Bertz CT molecular complexity index is 3230. The van der Waals surface area contributed by atoms with Gasteiger partial charge in [0.2, 0.25) is 0 Å². The van der Waals surface area contributed by atoms with Crippen molar-refractivity contribution < 1.29 is 0 Å². The highest BCUT2D eigenvalue weighted by molar-refractivity contribution is 6.02. The van der Waals surface area contributed by atoms with Gasteiger partial charge in [-0.25, -0.2) is 19.9 Å². The molecule has 1 aliphatic carbocycles. The van der Waals surface area contributed by atoms with Gasteiger partial charge >= 0.3 is 0 Å². The zero-order valence-corrected chi connectivity index (χ0v) is 32.8. The number of rotatable bonds is 6. The number of aromatic nitrogens is 4. The van der Waals surface area contributed by atoms with Crippen LogP contribution in [0.3, 0.4) is 0 Å². The summed E-state index contributed by atoms with van der Waals surface area (Å²) < 4.78 is 0. The molecule has 11 rings (SSSR count). The van der Waals surface area contributed by atoms with Crippen LogP contribution in [0.4, 0.5) is 0 Å². The summed E-state index contributed by atoms with van der Waals surface area (Å²) in [5, 5.41) is 3.41. The molecule has 0 unspecified atom stereocenters. The minimum atomic E-state index is -0.150. The molecule has 59 heavy (non-hydrogen) atoms. The Kier molecular flexibility index (Phi) is 8.12. The topological polar surface area (TPSA) is 51.6 Å². The molecule has 2 heterocycles. The first-order valence-corrected chi connectivity index (χ1v) is 20.1. The molecule has 0 radical (unpaired) electrons. The molecule has 0 aliphatic heterocycles. The molecular formula is C55H38N4. The monoisotopic (exact) mass is 754 g/mol. The first-order chi connectivity index (χ1) is 29.0. The van der Waals surface area contributed by atoms with E-state index < -0.39 is 0 Å². The maximum absolute atomic E-state index is 5.38. The SMILES string of the molecule is CC1(C)c2ccccc2-c2cc3c(-c4cc(-c5ccccc5)cc(-c5nc(-c6ccccc6)nc(-c6ccc7ccccc7c6)n5)c4)cc(-c4ccccc4)nc3cc21. The lowest BCUT2D eigenvalue weighted by Gasteiger charge is -2.22. The number of pyridine rings is 1. The summed E-state index contributed by atoms with van der Waals surface area (Å²) in [6.45, 7) is 4.65. The minimum Gasteiger partial charge on any atom is -0.248 e. The van der Waals surface area contributed by atoms with E-state index in [9.17, 15) is 0 Å². The van der Waals surface area contributed by atoms with Crippen molar-refractivity contribution >= 4 is 21.7 Å². The number of hydrogen-bond donors (Lipinski definition) is 0. The van der Waals surface area contributed by atoms with Gasteiger partial charge in [0.05, 0.1) is 11.2 Å². The van der Waals surface area contributed by atoms with Crippen LogP contribution in [-0.4, -0.2) is 19.9 Å². The van der Waals surface area contributed by atoms with Gasteiger partial charge in [0, 0.05) is 33.1 Å². The van der Waals surface area contributed by atoms with Crippen molar-refractivity contribution in [3.63, 3.8) is 0 Å². The van der Waals surface area contributed by atoms with Gasteiger partial charge in [0.1, 0.15) is 0 Å². The van der Waals surface area contributed by atoms with Crippen LogP contribution in [-0.2, 0) is 5.41 Å². The van der Waals surface area contributed by atoms with E-state index in [0.717, 1.165) is 66.5 Å². The highest BCUT2D eigenvalue weighted by Gasteiger charge is 2.36. The number of nitrogens with zero attached hydrogens (tertiary/aromatic N) is 4. The molecular weight excluding hydrogens is 717 g/mol. The Labute approximate surface area is 343 Å². The average molecular weight is 755 g/mol. The Hall–Kier alpha value is -7.56. The number of hydrogen-bond acceptors (Lipinski definition) is 4. The maximum atomic E-state index is 5.38. The molecule has 0 spiro atoms. The second-order valence-electron chi connectivity index (χ2n) is 15.9. The lowest BCUT2D eigenvalue weighted by Crippen LogP contribution is -2.14. The fraction of sp³-hybridized carbons (Fsp3) is 0.0545. The molecule has 1 aliphatic rings. The van der Waals surface area contributed by atoms with E-state index in [-0.39, 0.29) is 5.41 Å². The van der Waals surface area contributed by atoms with Crippen LogP contribution in [0.2, 0.25) is 0 Å². The van der Waals surface area contributed by atoms with Crippen molar-refractivity contribution in [2.45, 2.75) is 19.3 Å². The smallest absolute Gasteiger partial charge is 0.164 e. The van der Waals surface area contributed by atoms with E-state index >= 15 is 0 Å². The third kappa shape index (κ3) is 6.09. The second-order valence-corrected chi connectivity index (χ2v) is 15.9. The van der Waals surface area contributed by atoms with Crippen molar-refractivity contribution in [3.05, 3.63) is 205 Å². The molecule has 8 aromatic carbocycles. The van der Waals surface area contributed by atoms with E-state index in [2.05, 4.69) is 190 Å². The zero-order chi connectivity index (χ0) is 39.5. The predicted octanol–water partition coefficient (Wildman–Crippen LogP) is 13.9. The number of fused-ring (bicyclic) bond motifs is 5. The van der Waals surface area contributed by atoms with Crippen molar-refractivity contribution in [1.82, 2.24) is 19.9 Å². The van der Waals surface area contributed by atoms with Gasteiger partial charge in [-0.3, -0.25) is 0 Å². The molecule has 0 saturated heterocycles. The van der Waals surface area contributed by atoms with Crippen LogP contribution >= 0.6 is 0 Å². The first-order valence-electron chi connectivity index (χ1n) is 20.1. The normalized spacial score (nSPS) is 12.7. The van der Waals surface area contributed by atoms with Crippen molar-refractivity contribution in [3.8, 4) is 78.8 Å². The molecule has 278 valence electrons. The fourth-order valence-electron chi connectivity index (χ4n) is 8.80. The standard InChI is InChI=1S/C55H38N4/c1-55(2)48-25-15-14-24-44(48)46-32-47-45(33-50(37-19-8-4-9-20-37)56-51(47)34-49(46)55)42-29-41(35-16-6-3-7-17-35)30-43(31-42)54-58-52(38-21-10-5-11-22-38)57-53(59-54)40-27-26-36-18-12-13-23-39(36)28-40/h3-34H,1-2H3. The Morgan fingerprint density at radius 1 is 0.322 bits per heavy atom. The summed E-state index contributed by atoms with van der Waals surface area (Å²) in [6.07, 6.45) is 0. The van der Waals surface area contributed by atoms with Gasteiger partial charge in [0.25, 0.3) is 0 Å². The van der Waals surface area contributed by atoms with Gasteiger partial charge in [-0.2, -0.15) is 0 Å². The quantitative estimate of drug-likeness (QED) is 0.170.